The zero-order valence-corrected chi connectivity index (χ0v) is 15.2. The highest BCUT2D eigenvalue weighted by atomic mass is 35.5. The van der Waals surface area contributed by atoms with Crippen molar-refractivity contribution in [1.82, 2.24) is 5.32 Å². The Kier molecular flexibility index (Phi) is 5.33. The fraction of sp³-hybridized carbons (Fsp3) is 0.158. The molecule has 3 rings (SSSR count). The fourth-order valence-electron chi connectivity index (χ4n) is 2.67. The van der Waals surface area contributed by atoms with Crippen LogP contribution in [0.5, 0.6) is 0 Å². The SMILES string of the molecule is Cc1c(C(=O)Nc2ccccc2C(=O)NCC(F)(F)F)oc2c(Cl)cccc12. The molecule has 0 aliphatic heterocycles. The molecule has 9 heteroatoms. The maximum Gasteiger partial charge on any atom is 0.405 e. The predicted molar refractivity (Wildman–Crippen MR) is 98.7 cm³/mol. The standard InChI is InChI=1S/C19H14ClF3N2O3/c1-10-11-6-4-7-13(20)16(11)28-15(10)18(27)25-14-8-3-2-5-12(14)17(26)24-9-19(21,22)23/h2-8H,9H2,1H3,(H,24,26)(H,25,27). The Hall–Kier alpha value is -3.00. The van der Waals surface area contributed by atoms with Gasteiger partial charge in [-0.1, -0.05) is 35.9 Å². The third kappa shape index (κ3) is 4.12. The van der Waals surface area contributed by atoms with E-state index >= 15 is 0 Å². The summed E-state index contributed by atoms with van der Waals surface area (Å²) < 4.78 is 42.6. The number of amides is 2. The lowest BCUT2D eigenvalue weighted by Crippen LogP contribution is -2.34. The number of fused-ring (bicyclic) bond motifs is 1. The highest BCUT2D eigenvalue weighted by Gasteiger charge is 2.28. The third-order valence-corrected chi connectivity index (χ3v) is 4.29. The van der Waals surface area contributed by atoms with E-state index in [9.17, 15) is 22.8 Å². The van der Waals surface area contributed by atoms with Gasteiger partial charge < -0.3 is 15.1 Å². The number of benzene rings is 2. The van der Waals surface area contributed by atoms with Crippen molar-refractivity contribution in [3.8, 4) is 0 Å². The van der Waals surface area contributed by atoms with Crippen molar-refractivity contribution in [2.24, 2.45) is 0 Å². The summed E-state index contributed by atoms with van der Waals surface area (Å²) in [5.74, 6) is -1.62. The summed E-state index contributed by atoms with van der Waals surface area (Å²) in [4.78, 5) is 24.7. The molecule has 1 aromatic heterocycles. The highest BCUT2D eigenvalue weighted by Crippen LogP contribution is 2.31. The maximum atomic E-state index is 12.6. The van der Waals surface area contributed by atoms with Gasteiger partial charge >= 0.3 is 6.18 Å². The molecule has 0 bridgehead atoms. The number of furan rings is 1. The number of halogens is 4. The summed E-state index contributed by atoms with van der Waals surface area (Å²) in [5.41, 5.74) is 0.849. The molecule has 2 N–H and O–H groups in total. The van der Waals surface area contributed by atoms with Gasteiger partial charge in [0.05, 0.1) is 16.3 Å². The monoisotopic (exact) mass is 410 g/mol. The van der Waals surface area contributed by atoms with Crippen molar-refractivity contribution in [3.05, 3.63) is 64.4 Å². The Morgan fingerprint density at radius 2 is 1.79 bits per heavy atom. The molecule has 0 aliphatic carbocycles. The van der Waals surface area contributed by atoms with Crippen LogP contribution in [0.3, 0.4) is 0 Å². The van der Waals surface area contributed by atoms with Gasteiger partial charge in [-0.15, -0.1) is 0 Å². The molecule has 0 aliphatic rings. The van der Waals surface area contributed by atoms with Gasteiger partial charge in [-0.2, -0.15) is 13.2 Å². The smallest absolute Gasteiger partial charge is 0.405 e. The lowest BCUT2D eigenvalue weighted by molar-refractivity contribution is -0.123. The van der Waals surface area contributed by atoms with Crippen LogP contribution in [-0.2, 0) is 0 Å². The Labute approximate surface area is 162 Å². The number of carbonyl (C=O) groups is 2. The van der Waals surface area contributed by atoms with Crippen molar-refractivity contribution in [2.75, 3.05) is 11.9 Å². The van der Waals surface area contributed by atoms with Crippen molar-refractivity contribution in [2.45, 2.75) is 13.1 Å². The van der Waals surface area contributed by atoms with E-state index in [0.717, 1.165) is 0 Å². The average molecular weight is 411 g/mol. The first-order valence-electron chi connectivity index (χ1n) is 8.10. The Balaban J connectivity index is 1.87. The topological polar surface area (TPSA) is 71.3 Å². The van der Waals surface area contributed by atoms with Gasteiger partial charge in [0.15, 0.2) is 11.3 Å². The minimum atomic E-state index is -4.54. The number of para-hydroxylation sites is 2. The van der Waals surface area contributed by atoms with Crippen molar-refractivity contribution < 1.29 is 27.2 Å². The van der Waals surface area contributed by atoms with Crippen LogP contribution in [0.2, 0.25) is 5.02 Å². The summed E-state index contributed by atoms with van der Waals surface area (Å²) in [6, 6.07) is 10.8. The number of aryl methyl sites for hydroxylation is 1. The minimum Gasteiger partial charge on any atom is -0.449 e. The number of anilines is 1. The molecule has 5 nitrogen and oxygen atoms in total. The first-order valence-corrected chi connectivity index (χ1v) is 8.48. The molecular weight excluding hydrogens is 397 g/mol. The van der Waals surface area contributed by atoms with Gasteiger partial charge in [-0.25, -0.2) is 0 Å². The van der Waals surface area contributed by atoms with Crippen molar-refractivity contribution >= 4 is 40.1 Å². The Morgan fingerprint density at radius 3 is 2.46 bits per heavy atom. The van der Waals surface area contributed by atoms with Crippen LogP contribution in [0.1, 0.15) is 26.5 Å². The summed E-state index contributed by atoms with van der Waals surface area (Å²) in [7, 11) is 0. The molecule has 1 heterocycles. The summed E-state index contributed by atoms with van der Waals surface area (Å²) in [6.07, 6.45) is -4.54. The van der Waals surface area contributed by atoms with E-state index in [-0.39, 0.29) is 17.0 Å². The third-order valence-electron chi connectivity index (χ3n) is 3.99. The molecule has 0 fully saturated rings. The molecule has 28 heavy (non-hydrogen) atoms. The molecule has 2 amide bonds. The number of nitrogens with one attached hydrogen (secondary N) is 2. The second kappa shape index (κ2) is 7.55. The van der Waals surface area contributed by atoms with E-state index in [2.05, 4.69) is 5.32 Å². The summed E-state index contributed by atoms with van der Waals surface area (Å²) in [5, 5.41) is 5.29. The zero-order valence-electron chi connectivity index (χ0n) is 14.5. The number of rotatable bonds is 4. The molecule has 146 valence electrons. The van der Waals surface area contributed by atoms with Gasteiger partial charge in [0.2, 0.25) is 0 Å². The van der Waals surface area contributed by atoms with Crippen LogP contribution in [0.25, 0.3) is 11.0 Å². The van der Waals surface area contributed by atoms with Gasteiger partial charge in [0.25, 0.3) is 11.8 Å². The minimum absolute atomic E-state index is 0.00592. The normalized spacial score (nSPS) is 11.5. The second-order valence-electron chi connectivity index (χ2n) is 5.97. The van der Waals surface area contributed by atoms with Gasteiger partial charge in [-0.3, -0.25) is 9.59 Å². The number of hydrogen-bond acceptors (Lipinski definition) is 3. The van der Waals surface area contributed by atoms with Crippen LogP contribution in [0.15, 0.2) is 46.9 Å². The molecule has 3 aromatic rings. The van der Waals surface area contributed by atoms with E-state index < -0.39 is 24.5 Å². The molecule has 0 radical (unpaired) electrons. The van der Waals surface area contributed by atoms with Gasteiger partial charge in [0, 0.05) is 10.9 Å². The highest BCUT2D eigenvalue weighted by molar-refractivity contribution is 6.35. The van der Waals surface area contributed by atoms with Gasteiger partial charge in [-0.05, 0) is 25.1 Å². The fourth-order valence-corrected chi connectivity index (χ4v) is 2.88. The van der Waals surface area contributed by atoms with E-state index in [4.69, 9.17) is 16.0 Å². The second-order valence-corrected chi connectivity index (χ2v) is 6.38. The molecule has 0 atom stereocenters. The van der Waals surface area contributed by atoms with Crippen LogP contribution >= 0.6 is 11.6 Å². The lowest BCUT2D eigenvalue weighted by atomic mass is 10.1. The number of carbonyl (C=O) groups excluding carboxylic acids is 2. The van der Waals surface area contributed by atoms with Crippen molar-refractivity contribution in [1.29, 1.82) is 0 Å². The molecule has 0 spiro atoms. The average Bonchev–Trinajstić information content (AvgIpc) is 2.98. The van der Waals surface area contributed by atoms with E-state index in [1.807, 2.05) is 0 Å². The Morgan fingerprint density at radius 1 is 1.07 bits per heavy atom. The molecular formula is C19H14ClF3N2O3. The largest absolute Gasteiger partial charge is 0.449 e. The van der Waals surface area contributed by atoms with Crippen LogP contribution in [0.4, 0.5) is 18.9 Å². The van der Waals surface area contributed by atoms with E-state index in [1.54, 1.807) is 36.5 Å². The number of alkyl halides is 3. The van der Waals surface area contributed by atoms with Crippen LogP contribution in [-0.4, -0.2) is 24.5 Å². The number of hydrogen-bond donors (Lipinski definition) is 2. The zero-order chi connectivity index (χ0) is 20.5. The lowest BCUT2D eigenvalue weighted by Gasteiger charge is -2.12. The quantitative estimate of drug-likeness (QED) is 0.640. The predicted octanol–water partition coefficient (Wildman–Crippen LogP) is 4.94. The first kappa shape index (κ1) is 19.8. The summed E-state index contributed by atoms with van der Waals surface area (Å²) >= 11 is 6.08. The van der Waals surface area contributed by atoms with E-state index in [1.165, 1.54) is 18.2 Å². The van der Waals surface area contributed by atoms with Crippen LogP contribution < -0.4 is 10.6 Å². The Bertz CT molecular complexity index is 1060. The molecule has 0 unspecified atom stereocenters. The van der Waals surface area contributed by atoms with Crippen molar-refractivity contribution in [3.63, 3.8) is 0 Å². The maximum absolute atomic E-state index is 12.6. The summed E-state index contributed by atoms with van der Waals surface area (Å²) in [6.45, 7) is 0.203. The first-order chi connectivity index (χ1) is 13.2. The molecule has 0 saturated heterocycles. The molecule has 0 saturated carbocycles. The van der Waals surface area contributed by atoms with Crippen LogP contribution in [0, 0.1) is 6.92 Å². The van der Waals surface area contributed by atoms with E-state index in [0.29, 0.717) is 21.6 Å². The molecule has 2 aromatic carbocycles. The van der Waals surface area contributed by atoms with Gasteiger partial charge in [0.1, 0.15) is 6.54 Å².